The molecule has 1 aromatic rings. The van der Waals surface area contributed by atoms with Crippen molar-refractivity contribution in [3.8, 4) is 5.75 Å². The van der Waals surface area contributed by atoms with E-state index in [0.29, 0.717) is 5.56 Å². The molecule has 0 spiro atoms. The first-order valence-electron chi connectivity index (χ1n) is 7.27. The average Bonchev–Trinajstić information content (AvgIpc) is 2.52. The van der Waals surface area contributed by atoms with Crippen LogP contribution in [0, 0.1) is 0 Å². The Bertz CT molecular complexity index is 744. The number of ether oxygens (including phenoxy) is 3. The smallest absolute Gasteiger partial charge is 0.349 e. The van der Waals surface area contributed by atoms with E-state index in [0.717, 1.165) is 10.6 Å². The minimum Gasteiger partial charge on any atom is -0.475 e. The van der Waals surface area contributed by atoms with Gasteiger partial charge in [0.25, 0.3) is 0 Å². The Kier molecular flexibility index (Phi) is 5.33. The van der Waals surface area contributed by atoms with Crippen molar-refractivity contribution in [1.29, 1.82) is 0 Å². The molecule has 0 bridgehead atoms. The predicted octanol–water partition coefficient (Wildman–Crippen LogP) is 0.492. The van der Waals surface area contributed by atoms with Gasteiger partial charge in [0, 0.05) is 0 Å². The third-order valence-corrected chi connectivity index (χ3v) is 4.57. The van der Waals surface area contributed by atoms with Gasteiger partial charge in [0.05, 0.1) is 38.6 Å². The first-order chi connectivity index (χ1) is 11.3. The average molecular weight is 357 g/mol. The maximum absolute atomic E-state index is 12.1. The van der Waals surface area contributed by atoms with Gasteiger partial charge in [0.15, 0.2) is 0 Å². The molecule has 1 heterocycles. The Labute approximate surface area is 140 Å². The second-order valence-electron chi connectivity index (χ2n) is 5.21. The fraction of sp³-hybridized carbons (Fsp3) is 0.467. The number of rotatable bonds is 5. The number of nitrogens with zero attached hydrogens (tertiary/aromatic N) is 1. The Morgan fingerprint density at radius 2 is 2.08 bits per heavy atom. The van der Waals surface area contributed by atoms with Crippen molar-refractivity contribution in [2.75, 3.05) is 30.8 Å². The molecule has 132 valence electrons. The number of esters is 2. The number of fused-ring (bicyclic) bond motifs is 1. The lowest BCUT2D eigenvalue weighted by Gasteiger charge is -2.33. The molecule has 8 nitrogen and oxygen atoms in total. The van der Waals surface area contributed by atoms with Crippen LogP contribution in [0.15, 0.2) is 18.2 Å². The molecule has 1 aliphatic rings. The van der Waals surface area contributed by atoms with Crippen molar-refractivity contribution in [1.82, 2.24) is 0 Å². The van der Waals surface area contributed by atoms with Crippen molar-refractivity contribution in [3.05, 3.63) is 23.8 Å². The molecule has 0 N–H and O–H groups in total. The molecule has 2 rings (SSSR count). The van der Waals surface area contributed by atoms with Crippen molar-refractivity contribution in [3.63, 3.8) is 0 Å². The van der Waals surface area contributed by atoms with E-state index in [-0.39, 0.29) is 31.0 Å². The molecule has 1 aromatic carbocycles. The summed E-state index contributed by atoms with van der Waals surface area (Å²) in [5.74, 6) is -0.837. The van der Waals surface area contributed by atoms with Crippen molar-refractivity contribution in [2.45, 2.75) is 19.4 Å². The van der Waals surface area contributed by atoms with E-state index in [1.807, 2.05) is 0 Å². The maximum atomic E-state index is 12.1. The third kappa shape index (κ3) is 3.97. The van der Waals surface area contributed by atoms with Crippen LogP contribution in [-0.4, -0.2) is 53.0 Å². The van der Waals surface area contributed by atoms with Crippen LogP contribution in [0.4, 0.5) is 5.69 Å². The first-order valence-corrected chi connectivity index (χ1v) is 9.11. The first kappa shape index (κ1) is 18.1. The van der Waals surface area contributed by atoms with Crippen LogP contribution in [0.5, 0.6) is 5.75 Å². The van der Waals surface area contributed by atoms with E-state index in [1.165, 1.54) is 19.2 Å². The number of carbonyl (C=O) groups excluding carboxylic acids is 2. The Hall–Kier alpha value is -2.29. The summed E-state index contributed by atoms with van der Waals surface area (Å²) in [5.41, 5.74) is 0.854. The van der Waals surface area contributed by atoms with Gasteiger partial charge >= 0.3 is 11.9 Å². The van der Waals surface area contributed by atoms with Gasteiger partial charge in [0.2, 0.25) is 16.1 Å². The van der Waals surface area contributed by atoms with Crippen LogP contribution in [0.3, 0.4) is 0 Å². The summed E-state index contributed by atoms with van der Waals surface area (Å²) >= 11 is 0. The van der Waals surface area contributed by atoms with E-state index >= 15 is 0 Å². The molecule has 0 unspecified atom stereocenters. The number of anilines is 1. The summed E-state index contributed by atoms with van der Waals surface area (Å²) < 4.78 is 40.3. The second kappa shape index (κ2) is 7.08. The topological polar surface area (TPSA) is 99.2 Å². The van der Waals surface area contributed by atoms with E-state index in [4.69, 9.17) is 9.47 Å². The molecule has 1 atom stereocenters. The summed E-state index contributed by atoms with van der Waals surface area (Å²) in [6.45, 7) is 1.64. The summed E-state index contributed by atoms with van der Waals surface area (Å²) in [4.78, 5) is 23.3. The van der Waals surface area contributed by atoms with Gasteiger partial charge in [-0.25, -0.2) is 13.2 Å². The largest absolute Gasteiger partial charge is 0.475 e. The number of methoxy groups -OCH3 is 1. The molecule has 0 aliphatic carbocycles. The quantitative estimate of drug-likeness (QED) is 0.707. The number of benzene rings is 1. The molecule has 24 heavy (non-hydrogen) atoms. The van der Waals surface area contributed by atoms with Crippen molar-refractivity contribution in [2.24, 2.45) is 0 Å². The van der Waals surface area contributed by atoms with Crippen LogP contribution in [0.25, 0.3) is 0 Å². The fourth-order valence-corrected chi connectivity index (χ4v) is 3.22. The van der Waals surface area contributed by atoms with Crippen LogP contribution >= 0.6 is 0 Å². The predicted molar refractivity (Wildman–Crippen MR) is 85.4 cm³/mol. The van der Waals surface area contributed by atoms with E-state index in [1.54, 1.807) is 13.0 Å². The van der Waals surface area contributed by atoms with Gasteiger partial charge < -0.3 is 14.2 Å². The van der Waals surface area contributed by atoms with E-state index in [9.17, 15) is 18.0 Å². The van der Waals surface area contributed by atoms with Gasteiger partial charge in [-0.2, -0.15) is 0 Å². The number of carbonyl (C=O) groups is 2. The van der Waals surface area contributed by atoms with Gasteiger partial charge in [0.1, 0.15) is 5.75 Å². The number of hydrogen-bond acceptors (Lipinski definition) is 7. The molecular weight excluding hydrogens is 338 g/mol. The number of sulfonamides is 1. The minimum atomic E-state index is -3.64. The summed E-state index contributed by atoms with van der Waals surface area (Å²) in [6.07, 6.45) is -0.00129. The van der Waals surface area contributed by atoms with Gasteiger partial charge in [-0.05, 0) is 24.6 Å². The van der Waals surface area contributed by atoms with Crippen LogP contribution in [0.2, 0.25) is 0 Å². The second-order valence-corrected chi connectivity index (χ2v) is 7.11. The Balaban J connectivity index is 2.39. The molecular formula is C15H19NO7S. The van der Waals surface area contributed by atoms with Crippen LogP contribution in [0.1, 0.15) is 12.5 Å². The lowest BCUT2D eigenvalue weighted by molar-refractivity contribution is -0.151. The van der Waals surface area contributed by atoms with Crippen LogP contribution < -0.4 is 9.04 Å². The molecule has 0 amide bonds. The maximum Gasteiger partial charge on any atom is 0.349 e. The zero-order valence-corrected chi connectivity index (χ0v) is 14.5. The van der Waals surface area contributed by atoms with Crippen molar-refractivity contribution >= 4 is 27.6 Å². The van der Waals surface area contributed by atoms with Crippen molar-refractivity contribution < 1.29 is 32.2 Å². The van der Waals surface area contributed by atoms with E-state index < -0.39 is 28.1 Å². The third-order valence-electron chi connectivity index (χ3n) is 3.42. The number of hydrogen-bond donors (Lipinski definition) is 0. The molecule has 9 heteroatoms. The lowest BCUT2D eigenvalue weighted by atomic mass is 10.1. The zero-order chi connectivity index (χ0) is 17.9. The molecule has 0 saturated heterocycles. The highest BCUT2D eigenvalue weighted by Crippen LogP contribution is 2.36. The molecule has 0 fully saturated rings. The van der Waals surface area contributed by atoms with E-state index in [2.05, 4.69) is 4.74 Å². The highest BCUT2D eigenvalue weighted by atomic mass is 32.2. The summed E-state index contributed by atoms with van der Waals surface area (Å²) in [7, 11) is -2.37. The summed E-state index contributed by atoms with van der Waals surface area (Å²) in [5, 5.41) is 0. The molecule has 0 saturated carbocycles. The Morgan fingerprint density at radius 1 is 1.38 bits per heavy atom. The zero-order valence-electron chi connectivity index (χ0n) is 13.6. The Morgan fingerprint density at radius 3 is 2.67 bits per heavy atom. The highest BCUT2D eigenvalue weighted by molar-refractivity contribution is 7.92. The molecule has 0 radical (unpaired) electrons. The molecule has 0 aromatic heterocycles. The molecule has 1 aliphatic heterocycles. The lowest BCUT2D eigenvalue weighted by Crippen LogP contribution is -2.47. The monoisotopic (exact) mass is 357 g/mol. The standard InChI is InChI=1S/C15H19NO7S/c1-4-22-15(18)13-9-16(24(3,19)20)11-7-10(8-14(17)21-2)5-6-12(11)23-13/h5-7,13H,4,8-9H2,1-3H3/t13-/m0/s1. The normalized spacial score (nSPS) is 16.8. The van der Waals surface area contributed by atoms with Gasteiger partial charge in [-0.15, -0.1) is 0 Å². The SMILES string of the molecule is CCOC(=O)[C@@H]1CN(S(C)(=O)=O)c2cc(CC(=O)OC)ccc2O1. The fourth-order valence-electron chi connectivity index (χ4n) is 2.32. The summed E-state index contributed by atoms with van der Waals surface area (Å²) in [6, 6.07) is 4.68. The minimum absolute atomic E-state index is 0.00267. The van der Waals surface area contributed by atoms with Gasteiger partial charge in [-0.1, -0.05) is 6.07 Å². The van der Waals surface area contributed by atoms with Gasteiger partial charge in [-0.3, -0.25) is 9.10 Å². The highest BCUT2D eigenvalue weighted by Gasteiger charge is 2.36. The van der Waals surface area contributed by atoms with Crippen LogP contribution in [-0.2, 0) is 35.5 Å².